The minimum atomic E-state index is 0.382. The lowest BCUT2D eigenvalue weighted by molar-refractivity contribution is 0.181. The molecule has 1 saturated heterocycles. The van der Waals surface area contributed by atoms with Crippen molar-refractivity contribution in [1.29, 1.82) is 0 Å². The second kappa shape index (κ2) is 5.46. The van der Waals surface area contributed by atoms with Gasteiger partial charge in [-0.3, -0.25) is 9.88 Å². The van der Waals surface area contributed by atoms with Crippen LogP contribution in [-0.2, 0) is 0 Å². The second-order valence-electron chi connectivity index (χ2n) is 4.96. The molecule has 94 valence electrons. The third-order valence-corrected chi connectivity index (χ3v) is 4.05. The predicted octanol–water partition coefficient (Wildman–Crippen LogP) is 2.57. The molecule has 0 spiro atoms. The van der Waals surface area contributed by atoms with Crippen LogP contribution in [0.5, 0.6) is 0 Å². The molecule has 1 aromatic rings. The maximum Gasteiger partial charge on any atom is 0.0579 e. The first-order chi connectivity index (χ1) is 8.13. The molecule has 2 heterocycles. The minimum absolute atomic E-state index is 0.382. The van der Waals surface area contributed by atoms with Crippen molar-refractivity contribution in [2.24, 2.45) is 11.7 Å². The molecule has 17 heavy (non-hydrogen) atoms. The molecule has 2 rings (SSSR count). The quantitative estimate of drug-likeness (QED) is 0.932. The van der Waals surface area contributed by atoms with Gasteiger partial charge in [-0.25, -0.2) is 0 Å². The van der Waals surface area contributed by atoms with Gasteiger partial charge in [0.25, 0.3) is 0 Å². The van der Waals surface area contributed by atoms with Crippen LogP contribution in [-0.4, -0.2) is 29.0 Å². The highest BCUT2D eigenvalue weighted by Crippen LogP contribution is 2.37. The van der Waals surface area contributed by atoms with Crippen molar-refractivity contribution >= 4 is 15.9 Å². The Bertz CT molecular complexity index is 363. The number of likely N-dealkylation sites (tertiary alicyclic amines) is 1. The first-order valence-electron chi connectivity index (χ1n) is 6.20. The van der Waals surface area contributed by atoms with Gasteiger partial charge in [0.2, 0.25) is 0 Å². The predicted molar refractivity (Wildman–Crippen MR) is 73.7 cm³/mol. The Kier molecular flexibility index (Phi) is 4.17. The average molecular weight is 298 g/mol. The largest absolute Gasteiger partial charge is 0.330 e. The van der Waals surface area contributed by atoms with E-state index in [-0.39, 0.29) is 0 Å². The summed E-state index contributed by atoms with van der Waals surface area (Å²) >= 11 is 3.43. The zero-order valence-corrected chi connectivity index (χ0v) is 12.0. The number of rotatable bonds is 3. The molecule has 1 aliphatic rings. The van der Waals surface area contributed by atoms with E-state index in [1.807, 2.05) is 6.20 Å². The average Bonchev–Trinajstić information content (AvgIpc) is 2.73. The highest BCUT2D eigenvalue weighted by atomic mass is 79.9. The van der Waals surface area contributed by atoms with Crippen molar-refractivity contribution in [3.8, 4) is 0 Å². The van der Waals surface area contributed by atoms with Gasteiger partial charge in [0.1, 0.15) is 0 Å². The Balaban J connectivity index is 2.27. The third-order valence-electron chi connectivity index (χ3n) is 3.58. The number of halogens is 1. The highest BCUT2D eigenvalue weighted by Gasteiger charge is 2.36. The number of aromatic nitrogens is 1. The first kappa shape index (κ1) is 13.0. The fourth-order valence-electron chi connectivity index (χ4n) is 2.68. The van der Waals surface area contributed by atoms with Crippen molar-refractivity contribution in [2.45, 2.75) is 32.4 Å². The lowest BCUT2D eigenvalue weighted by Crippen LogP contribution is -2.33. The van der Waals surface area contributed by atoms with E-state index in [1.165, 1.54) is 6.42 Å². The summed E-state index contributed by atoms with van der Waals surface area (Å²) in [5, 5.41) is 0. The lowest BCUT2D eigenvalue weighted by atomic mass is 9.97. The molecule has 0 bridgehead atoms. The summed E-state index contributed by atoms with van der Waals surface area (Å²) in [6, 6.07) is 5.10. The van der Waals surface area contributed by atoms with Gasteiger partial charge in [0, 0.05) is 16.7 Å². The normalized spacial score (nSPS) is 25.7. The van der Waals surface area contributed by atoms with Crippen LogP contribution in [0.25, 0.3) is 0 Å². The molecule has 2 N–H and O–H groups in total. The van der Waals surface area contributed by atoms with Crippen LogP contribution < -0.4 is 5.73 Å². The number of hydrogen-bond donors (Lipinski definition) is 1. The van der Waals surface area contributed by atoms with Gasteiger partial charge in [-0.2, -0.15) is 0 Å². The van der Waals surface area contributed by atoms with Crippen LogP contribution in [0, 0.1) is 5.92 Å². The summed E-state index contributed by atoms with van der Waals surface area (Å²) in [5.41, 5.74) is 7.04. The maximum absolute atomic E-state index is 5.89. The van der Waals surface area contributed by atoms with Crippen molar-refractivity contribution < 1.29 is 0 Å². The number of nitrogens with two attached hydrogens (primary N) is 1. The summed E-state index contributed by atoms with van der Waals surface area (Å²) in [7, 11) is 0. The summed E-state index contributed by atoms with van der Waals surface area (Å²) < 4.78 is 1.03. The van der Waals surface area contributed by atoms with Gasteiger partial charge in [-0.05, 0) is 67.3 Å². The van der Waals surface area contributed by atoms with Gasteiger partial charge in [-0.1, -0.05) is 0 Å². The molecule has 4 heteroatoms. The Morgan fingerprint density at radius 1 is 1.53 bits per heavy atom. The molecule has 2 atom stereocenters. The van der Waals surface area contributed by atoms with Crippen molar-refractivity contribution in [1.82, 2.24) is 9.88 Å². The molecular formula is C13H20BrN3. The summed E-state index contributed by atoms with van der Waals surface area (Å²) in [4.78, 5) is 7.05. The van der Waals surface area contributed by atoms with E-state index in [9.17, 15) is 0 Å². The molecule has 2 unspecified atom stereocenters. The van der Waals surface area contributed by atoms with Gasteiger partial charge >= 0.3 is 0 Å². The zero-order chi connectivity index (χ0) is 12.4. The molecule has 0 radical (unpaired) electrons. The Labute approximate surface area is 112 Å². The molecule has 3 nitrogen and oxygen atoms in total. The van der Waals surface area contributed by atoms with Gasteiger partial charge in [0.15, 0.2) is 0 Å². The van der Waals surface area contributed by atoms with E-state index in [4.69, 9.17) is 5.73 Å². The fourth-order valence-corrected chi connectivity index (χ4v) is 2.92. The zero-order valence-electron chi connectivity index (χ0n) is 10.4. The molecular weight excluding hydrogens is 278 g/mol. The molecule has 1 aromatic heterocycles. The van der Waals surface area contributed by atoms with Crippen LogP contribution >= 0.6 is 15.9 Å². The molecule has 0 saturated carbocycles. The number of hydrogen-bond acceptors (Lipinski definition) is 3. The van der Waals surface area contributed by atoms with Gasteiger partial charge < -0.3 is 5.73 Å². The SMILES string of the molecule is CC(C)N1CCC(CN)C1c1ccc(Br)cn1. The molecule has 1 aliphatic heterocycles. The van der Waals surface area contributed by atoms with E-state index in [2.05, 4.69) is 51.8 Å². The van der Waals surface area contributed by atoms with Gasteiger partial charge in [0.05, 0.1) is 11.7 Å². The van der Waals surface area contributed by atoms with E-state index in [0.29, 0.717) is 18.0 Å². The van der Waals surface area contributed by atoms with E-state index in [0.717, 1.165) is 23.3 Å². The van der Waals surface area contributed by atoms with Crippen LogP contribution in [0.15, 0.2) is 22.8 Å². The van der Waals surface area contributed by atoms with Crippen LogP contribution in [0.3, 0.4) is 0 Å². The van der Waals surface area contributed by atoms with Gasteiger partial charge in [-0.15, -0.1) is 0 Å². The molecule has 1 fully saturated rings. The Morgan fingerprint density at radius 2 is 2.29 bits per heavy atom. The van der Waals surface area contributed by atoms with Crippen molar-refractivity contribution in [3.63, 3.8) is 0 Å². The molecule has 0 amide bonds. The standard InChI is InChI=1S/C13H20BrN3/c1-9(2)17-6-5-10(7-15)13(17)12-4-3-11(14)8-16-12/h3-4,8-10,13H,5-7,15H2,1-2H3. The van der Waals surface area contributed by atoms with E-state index >= 15 is 0 Å². The lowest BCUT2D eigenvalue weighted by Gasteiger charge is -2.30. The number of nitrogens with zero attached hydrogens (tertiary/aromatic N) is 2. The second-order valence-corrected chi connectivity index (χ2v) is 5.88. The van der Waals surface area contributed by atoms with Crippen LogP contribution in [0.1, 0.15) is 32.0 Å². The Hall–Kier alpha value is -0.450. The topological polar surface area (TPSA) is 42.1 Å². The molecule has 0 aliphatic carbocycles. The van der Waals surface area contributed by atoms with Crippen LogP contribution in [0.2, 0.25) is 0 Å². The maximum atomic E-state index is 5.89. The van der Waals surface area contributed by atoms with E-state index < -0.39 is 0 Å². The Morgan fingerprint density at radius 3 is 2.82 bits per heavy atom. The highest BCUT2D eigenvalue weighted by molar-refractivity contribution is 9.10. The van der Waals surface area contributed by atoms with Crippen LogP contribution in [0.4, 0.5) is 0 Å². The summed E-state index contributed by atoms with van der Waals surface area (Å²) in [6.07, 6.45) is 3.05. The fraction of sp³-hybridized carbons (Fsp3) is 0.615. The summed E-state index contributed by atoms with van der Waals surface area (Å²) in [5.74, 6) is 0.533. The first-order valence-corrected chi connectivity index (χ1v) is 7.00. The third kappa shape index (κ3) is 2.69. The minimum Gasteiger partial charge on any atom is -0.330 e. The van der Waals surface area contributed by atoms with Crippen molar-refractivity contribution in [2.75, 3.05) is 13.1 Å². The van der Waals surface area contributed by atoms with Crippen molar-refractivity contribution in [3.05, 3.63) is 28.5 Å². The monoisotopic (exact) mass is 297 g/mol. The van der Waals surface area contributed by atoms with E-state index in [1.54, 1.807) is 0 Å². The summed E-state index contributed by atoms with van der Waals surface area (Å²) in [6.45, 7) is 6.35. The number of pyridine rings is 1. The smallest absolute Gasteiger partial charge is 0.0579 e. The molecule has 0 aromatic carbocycles.